The van der Waals surface area contributed by atoms with Gasteiger partial charge in [0.15, 0.2) is 12.5 Å². The van der Waals surface area contributed by atoms with Crippen LogP contribution in [0, 0.1) is 5.92 Å². The highest BCUT2D eigenvalue weighted by atomic mass is 32.2. The highest BCUT2D eigenvalue weighted by Crippen LogP contribution is 2.37. The van der Waals surface area contributed by atoms with Crippen molar-refractivity contribution in [2.24, 2.45) is 32.0 Å². The van der Waals surface area contributed by atoms with Gasteiger partial charge in [-0.1, -0.05) is 36.4 Å². The van der Waals surface area contributed by atoms with Gasteiger partial charge in [0.25, 0.3) is 0 Å². The molecule has 2 aromatic carbocycles. The molecule has 0 unspecified atom stereocenters. The minimum Gasteiger partial charge on any atom is -0.328 e. The second-order valence-electron chi connectivity index (χ2n) is 10.0. The van der Waals surface area contributed by atoms with Crippen molar-refractivity contribution in [1.82, 2.24) is 5.32 Å². The topological polar surface area (TPSA) is 135 Å². The van der Waals surface area contributed by atoms with Gasteiger partial charge in [0.05, 0.1) is 4.90 Å². The normalized spacial score (nSPS) is 23.4. The van der Waals surface area contributed by atoms with Crippen LogP contribution < -0.4 is 16.2 Å². The van der Waals surface area contributed by atoms with E-state index in [0.29, 0.717) is 29.7 Å². The smallest absolute Gasteiger partial charge is 0.239 e. The summed E-state index contributed by atoms with van der Waals surface area (Å²) in [5.41, 5.74) is 10.3. The van der Waals surface area contributed by atoms with E-state index in [-0.39, 0.29) is 17.6 Å². The third kappa shape index (κ3) is 5.38. The summed E-state index contributed by atoms with van der Waals surface area (Å²) < 4.78 is 26.0. The predicted octanol–water partition coefficient (Wildman–Crippen LogP) is 3.70. The van der Waals surface area contributed by atoms with Gasteiger partial charge in [-0.25, -0.2) is 18.5 Å². The maximum Gasteiger partial charge on any atom is 0.239 e. The van der Waals surface area contributed by atoms with Gasteiger partial charge in [-0.3, -0.25) is 0 Å². The summed E-state index contributed by atoms with van der Waals surface area (Å²) in [6, 6.07) is 12.6. The van der Waals surface area contributed by atoms with Gasteiger partial charge < -0.3 is 11.1 Å². The monoisotopic (exact) mass is 494 g/mol. The summed E-state index contributed by atoms with van der Waals surface area (Å²) in [5, 5.41) is 17.4. The third-order valence-electron chi connectivity index (χ3n) is 7.63. The quantitative estimate of drug-likeness (QED) is 0.564. The molecule has 0 bridgehead atoms. The maximum atomic E-state index is 13.0. The molecule has 5 rings (SSSR count). The molecule has 2 heterocycles. The van der Waals surface area contributed by atoms with Crippen molar-refractivity contribution in [1.29, 1.82) is 0 Å². The van der Waals surface area contributed by atoms with Crippen LogP contribution in [0.5, 0.6) is 0 Å². The molecule has 9 heteroatoms. The van der Waals surface area contributed by atoms with E-state index in [2.05, 4.69) is 44.8 Å². The molecule has 1 aliphatic carbocycles. The average Bonchev–Trinajstić information content (AvgIpc) is 3.40. The zero-order valence-corrected chi connectivity index (χ0v) is 20.8. The van der Waals surface area contributed by atoms with Gasteiger partial charge >= 0.3 is 0 Å². The van der Waals surface area contributed by atoms with E-state index in [4.69, 9.17) is 10.9 Å². The predicted molar refractivity (Wildman–Crippen MR) is 138 cm³/mol. The van der Waals surface area contributed by atoms with E-state index >= 15 is 0 Å². The first-order valence-corrected chi connectivity index (χ1v) is 14.1. The summed E-state index contributed by atoms with van der Waals surface area (Å²) >= 11 is 0. The zero-order valence-electron chi connectivity index (χ0n) is 20.0. The fourth-order valence-electron chi connectivity index (χ4n) is 5.73. The molecule has 0 radical (unpaired) electrons. The number of amidine groups is 1. The summed E-state index contributed by atoms with van der Waals surface area (Å²) in [7, 11) is -4.03. The van der Waals surface area contributed by atoms with Crippen LogP contribution >= 0.6 is 0 Å². The average molecular weight is 495 g/mol. The second kappa shape index (κ2) is 10.3. The number of piperidine rings is 1. The Morgan fingerprint density at radius 3 is 2.29 bits per heavy atom. The maximum absolute atomic E-state index is 13.0. The molecule has 0 aromatic heterocycles. The van der Waals surface area contributed by atoms with E-state index in [9.17, 15) is 8.42 Å². The van der Waals surface area contributed by atoms with Gasteiger partial charge in [-0.15, -0.1) is 5.11 Å². The van der Waals surface area contributed by atoms with Crippen LogP contribution in [0.4, 0.5) is 0 Å². The Kier molecular flexibility index (Phi) is 7.11. The summed E-state index contributed by atoms with van der Waals surface area (Å²) in [6.45, 7) is 2.26. The number of nitrogens with zero attached hydrogens (tertiary/aromatic N) is 3. The van der Waals surface area contributed by atoms with Crippen LogP contribution in [0.2, 0.25) is 0 Å². The van der Waals surface area contributed by atoms with Gasteiger partial charge in [0.2, 0.25) is 10.0 Å². The summed E-state index contributed by atoms with van der Waals surface area (Å²) in [4.78, 5) is 4.53. The van der Waals surface area contributed by atoms with Gasteiger partial charge in [0.1, 0.15) is 0 Å². The molecule has 0 atom stereocenters. The molecule has 1 saturated heterocycles. The molecule has 3 aliphatic rings. The molecule has 35 heavy (non-hydrogen) atoms. The molecule has 5 N–H and O–H groups in total. The second-order valence-corrected chi connectivity index (χ2v) is 11.5. The Bertz CT molecular complexity index is 1230. The minimum atomic E-state index is -4.03. The standard InChI is InChI=1S/C26H34N6O2S/c27-22-8-1-17(2-9-22)15-21-7-10-23(24(25(21)35(28,33)34)26-30-16-31-32-26)20-5-3-18(4-6-20)19-11-13-29-14-12-19/h3-7,10,17,19,22,29H,1-2,8-9,11-16,27H2,(H2,28,33,34). The molecule has 2 aliphatic heterocycles. The SMILES string of the molecule is NC1CCC(Cc2ccc(-c3ccc(C4CCNCC4)cc3)c(C3=NCN=N3)c2S(N)(=O)=O)CC1. The van der Waals surface area contributed by atoms with Crippen molar-refractivity contribution < 1.29 is 8.42 Å². The Balaban J connectivity index is 1.57. The summed E-state index contributed by atoms with van der Waals surface area (Å²) in [6.07, 6.45) is 6.79. The van der Waals surface area contributed by atoms with Crippen LogP contribution in [-0.2, 0) is 16.4 Å². The number of nitrogens with one attached hydrogen (secondary N) is 1. The highest BCUT2D eigenvalue weighted by molar-refractivity contribution is 7.89. The lowest BCUT2D eigenvalue weighted by Crippen LogP contribution is -2.28. The van der Waals surface area contributed by atoms with Crippen molar-refractivity contribution in [2.45, 2.75) is 61.8 Å². The first-order valence-electron chi connectivity index (χ1n) is 12.6. The molecule has 1 saturated carbocycles. The molecule has 186 valence electrons. The summed E-state index contributed by atoms with van der Waals surface area (Å²) in [5.74, 6) is 1.26. The number of rotatable bonds is 6. The number of nitrogens with two attached hydrogens (primary N) is 2. The zero-order chi connectivity index (χ0) is 24.4. The highest BCUT2D eigenvalue weighted by Gasteiger charge is 2.29. The lowest BCUT2D eigenvalue weighted by Gasteiger charge is -2.27. The van der Waals surface area contributed by atoms with E-state index in [1.807, 2.05) is 12.1 Å². The number of aliphatic imine (C=N–C) groups is 1. The van der Waals surface area contributed by atoms with Crippen LogP contribution in [0.25, 0.3) is 11.1 Å². The van der Waals surface area contributed by atoms with Gasteiger partial charge in [-0.2, -0.15) is 5.11 Å². The third-order valence-corrected chi connectivity index (χ3v) is 8.66. The molecule has 0 amide bonds. The van der Waals surface area contributed by atoms with Crippen molar-refractivity contribution in [3.05, 3.63) is 53.1 Å². The van der Waals surface area contributed by atoms with Crippen LogP contribution in [0.3, 0.4) is 0 Å². The number of sulfonamides is 1. The number of primary sulfonamides is 1. The Morgan fingerprint density at radius 1 is 0.943 bits per heavy atom. The van der Waals surface area contributed by atoms with Crippen molar-refractivity contribution in [3.8, 4) is 11.1 Å². The Hall–Kier alpha value is -2.46. The number of hydrogen-bond donors (Lipinski definition) is 3. The first kappa shape index (κ1) is 24.2. The van der Waals surface area contributed by atoms with Crippen molar-refractivity contribution >= 4 is 15.9 Å². The molecular weight excluding hydrogens is 460 g/mol. The van der Waals surface area contributed by atoms with Gasteiger partial charge in [0, 0.05) is 11.6 Å². The van der Waals surface area contributed by atoms with Crippen molar-refractivity contribution in [2.75, 3.05) is 19.8 Å². The lowest BCUT2D eigenvalue weighted by atomic mass is 9.82. The lowest BCUT2D eigenvalue weighted by molar-refractivity contribution is 0.323. The Labute approximate surface area is 207 Å². The Morgan fingerprint density at radius 2 is 1.66 bits per heavy atom. The molecular formula is C26H34N6O2S. The van der Waals surface area contributed by atoms with E-state index in [1.54, 1.807) is 0 Å². The minimum absolute atomic E-state index is 0.131. The number of azo groups is 1. The van der Waals surface area contributed by atoms with E-state index < -0.39 is 10.0 Å². The fraction of sp³-hybridized carbons (Fsp3) is 0.500. The fourth-order valence-corrected chi connectivity index (χ4v) is 6.73. The molecule has 2 fully saturated rings. The molecule has 8 nitrogen and oxygen atoms in total. The van der Waals surface area contributed by atoms with Crippen LogP contribution in [0.1, 0.15) is 61.1 Å². The van der Waals surface area contributed by atoms with E-state index in [1.165, 1.54) is 5.56 Å². The van der Waals surface area contributed by atoms with Crippen molar-refractivity contribution in [3.63, 3.8) is 0 Å². The van der Waals surface area contributed by atoms with Crippen LogP contribution in [-0.4, -0.2) is 40.1 Å². The van der Waals surface area contributed by atoms with Crippen LogP contribution in [0.15, 0.2) is 56.5 Å². The molecule has 2 aromatic rings. The largest absolute Gasteiger partial charge is 0.328 e. The number of hydrogen-bond acceptors (Lipinski definition) is 7. The van der Waals surface area contributed by atoms with E-state index in [0.717, 1.165) is 68.3 Å². The van der Waals surface area contributed by atoms with Gasteiger partial charge in [-0.05, 0) is 92.1 Å². The number of benzene rings is 2. The first-order chi connectivity index (χ1) is 16.9. The molecule has 0 spiro atoms.